The molecule has 1 aromatic rings. The highest BCUT2D eigenvalue weighted by Crippen LogP contribution is 2.15. The molecule has 0 aliphatic heterocycles. The van der Waals surface area contributed by atoms with E-state index in [1.807, 2.05) is 19.1 Å². The zero-order valence-corrected chi connectivity index (χ0v) is 15.1. The first-order chi connectivity index (χ1) is 9.54. The summed E-state index contributed by atoms with van der Waals surface area (Å²) in [6.45, 7) is 4.82. The minimum Gasteiger partial charge on any atom is -0.494 e. The largest absolute Gasteiger partial charge is 0.494 e. The zero-order valence-electron chi connectivity index (χ0n) is 11.9. The van der Waals surface area contributed by atoms with E-state index in [2.05, 4.69) is 44.1 Å². The predicted octanol–water partition coefficient (Wildman–Crippen LogP) is 4.14. The average Bonchev–Trinajstić information content (AvgIpc) is 2.48. The molecular formula is C15H21Br2NO2. The van der Waals surface area contributed by atoms with Crippen molar-refractivity contribution in [2.24, 2.45) is 0 Å². The van der Waals surface area contributed by atoms with Crippen molar-refractivity contribution >= 4 is 37.8 Å². The van der Waals surface area contributed by atoms with Crippen molar-refractivity contribution in [1.29, 1.82) is 0 Å². The van der Waals surface area contributed by atoms with Crippen LogP contribution < -0.4 is 10.1 Å². The summed E-state index contributed by atoms with van der Waals surface area (Å²) < 4.78 is 5.58. The van der Waals surface area contributed by atoms with Gasteiger partial charge in [-0.05, 0) is 37.6 Å². The first kappa shape index (κ1) is 17.5. The third kappa shape index (κ3) is 5.44. The molecule has 0 aliphatic rings. The van der Waals surface area contributed by atoms with Crippen LogP contribution in [0.4, 0.5) is 0 Å². The normalized spacial score (nSPS) is 11.2. The van der Waals surface area contributed by atoms with Gasteiger partial charge in [0.15, 0.2) is 0 Å². The maximum atomic E-state index is 12.2. The third-order valence-electron chi connectivity index (χ3n) is 2.89. The maximum absolute atomic E-state index is 12.2. The van der Waals surface area contributed by atoms with Gasteiger partial charge >= 0.3 is 0 Å². The fraction of sp³-hybridized carbons (Fsp3) is 0.533. The van der Waals surface area contributed by atoms with Gasteiger partial charge in [0.25, 0.3) is 5.91 Å². The van der Waals surface area contributed by atoms with E-state index in [9.17, 15) is 4.79 Å². The Labute approximate surface area is 137 Å². The third-order valence-corrected chi connectivity index (χ3v) is 5.36. The van der Waals surface area contributed by atoms with E-state index < -0.39 is 0 Å². The number of hydrogen-bond acceptors (Lipinski definition) is 2. The summed E-state index contributed by atoms with van der Waals surface area (Å²) in [6.07, 6.45) is 2.15. The van der Waals surface area contributed by atoms with Crippen LogP contribution in [-0.4, -0.2) is 28.7 Å². The average molecular weight is 407 g/mol. The number of carbonyl (C=O) groups is 1. The van der Waals surface area contributed by atoms with Gasteiger partial charge in [-0.15, -0.1) is 0 Å². The molecule has 0 saturated carbocycles. The number of benzene rings is 1. The molecule has 20 heavy (non-hydrogen) atoms. The Kier molecular flexibility index (Phi) is 7.59. The van der Waals surface area contributed by atoms with Crippen LogP contribution in [0.15, 0.2) is 24.3 Å². The molecule has 5 heteroatoms. The Bertz CT molecular complexity index is 416. The lowest BCUT2D eigenvalue weighted by molar-refractivity contribution is 0.0923. The first-order valence-corrected chi connectivity index (χ1v) is 8.96. The van der Waals surface area contributed by atoms with Crippen LogP contribution in [0.5, 0.6) is 5.75 Å². The Morgan fingerprint density at radius 3 is 2.35 bits per heavy atom. The monoisotopic (exact) mass is 405 g/mol. The van der Waals surface area contributed by atoms with Crippen molar-refractivity contribution < 1.29 is 9.53 Å². The summed E-state index contributed by atoms with van der Waals surface area (Å²) >= 11 is 6.83. The molecule has 0 unspecified atom stereocenters. The molecule has 0 heterocycles. The van der Waals surface area contributed by atoms with Gasteiger partial charge in [0.2, 0.25) is 0 Å². The van der Waals surface area contributed by atoms with Crippen LogP contribution >= 0.6 is 31.9 Å². The summed E-state index contributed by atoms with van der Waals surface area (Å²) in [7, 11) is 0. The van der Waals surface area contributed by atoms with Crippen LogP contribution in [0.3, 0.4) is 0 Å². The maximum Gasteiger partial charge on any atom is 0.251 e. The van der Waals surface area contributed by atoms with Crippen molar-refractivity contribution in [2.45, 2.75) is 32.2 Å². The van der Waals surface area contributed by atoms with Crippen LogP contribution in [0.1, 0.15) is 37.0 Å². The highest BCUT2D eigenvalue weighted by molar-refractivity contribution is 9.09. The summed E-state index contributed by atoms with van der Waals surface area (Å²) in [5.74, 6) is 0.727. The van der Waals surface area contributed by atoms with Gasteiger partial charge in [0.05, 0.1) is 12.1 Å². The fourth-order valence-electron chi connectivity index (χ4n) is 1.49. The van der Waals surface area contributed by atoms with Crippen molar-refractivity contribution in [3.63, 3.8) is 0 Å². The van der Waals surface area contributed by atoms with E-state index in [4.69, 9.17) is 4.74 Å². The molecule has 1 amide bonds. The Balaban J connectivity index is 2.61. The minimum absolute atomic E-state index is 0.0773. The number of rotatable bonds is 8. The molecule has 0 saturated heterocycles. The summed E-state index contributed by atoms with van der Waals surface area (Å²) in [4.78, 5) is 12.2. The molecule has 0 aliphatic carbocycles. The summed E-state index contributed by atoms with van der Waals surface area (Å²) in [5, 5.41) is 4.39. The summed E-state index contributed by atoms with van der Waals surface area (Å²) in [6, 6.07) is 7.26. The first-order valence-electron chi connectivity index (χ1n) is 6.72. The molecule has 0 atom stereocenters. The molecule has 0 fully saturated rings. The number of alkyl halides is 2. The molecule has 1 N–H and O–H groups in total. The van der Waals surface area contributed by atoms with E-state index in [1.54, 1.807) is 12.1 Å². The van der Waals surface area contributed by atoms with E-state index in [0.717, 1.165) is 18.6 Å². The van der Waals surface area contributed by atoms with Crippen molar-refractivity contribution in [3.05, 3.63) is 29.8 Å². The van der Waals surface area contributed by atoms with Crippen LogP contribution in [-0.2, 0) is 0 Å². The quantitative estimate of drug-likeness (QED) is 0.520. The molecule has 0 spiro atoms. The van der Waals surface area contributed by atoms with Gasteiger partial charge in [-0.25, -0.2) is 0 Å². The van der Waals surface area contributed by atoms with Gasteiger partial charge in [0, 0.05) is 16.2 Å². The molecule has 0 aromatic heterocycles. The number of hydrogen-bond donors (Lipinski definition) is 1. The number of amides is 1. The number of carbonyl (C=O) groups excluding carboxylic acids is 1. The predicted molar refractivity (Wildman–Crippen MR) is 90.3 cm³/mol. The van der Waals surface area contributed by atoms with Crippen LogP contribution in [0.2, 0.25) is 0 Å². The van der Waals surface area contributed by atoms with Gasteiger partial charge in [-0.2, -0.15) is 0 Å². The van der Waals surface area contributed by atoms with Gasteiger partial charge < -0.3 is 10.1 Å². The van der Waals surface area contributed by atoms with Crippen molar-refractivity contribution in [3.8, 4) is 5.75 Å². The lowest BCUT2D eigenvalue weighted by Gasteiger charge is -2.26. The lowest BCUT2D eigenvalue weighted by atomic mass is 10.1. The number of ether oxygens (including phenoxy) is 1. The fourth-order valence-corrected chi connectivity index (χ4v) is 2.69. The van der Waals surface area contributed by atoms with Gasteiger partial charge in [0.1, 0.15) is 5.75 Å². The second kappa shape index (κ2) is 8.67. The number of halogens is 2. The molecule has 1 aromatic carbocycles. The number of nitrogens with one attached hydrogen (secondary N) is 1. The molecule has 1 rings (SSSR count). The Hall–Kier alpha value is -0.550. The topological polar surface area (TPSA) is 38.3 Å². The summed E-state index contributed by atoms with van der Waals surface area (Å²) in [5.41, 5.74) is 0.342. The Morgan fingerprint density at radius 1 is 1.25 bits per heavy atom. The van der Waals surface area contributed by atoms with Crippen molar-refractivity contribution in [1.82, 2.24) is 5.32 Å². The number of unbranched alkanes of at least 4 members (excludes halogenated alkanes) is 1. The molecule has 112 valence electrons. The minimum atomic E-state index is -0.298. The lowest BCUT2D eigenvalue weighted by Crippen LogP contribution is -2.48. The van der Waals surface area contributed by atoms with E-state index in [0.29, 0.717) is 22.8 Å². The zero-order chi connectivity index (χ0) is 15.0. The Morgan fingerprint density at radius 2 is 1.85 bits per heavy atom. The second-order valence-corrected chi connectivity index (χ2v) is 6.13. The van der Waals surface area contributed by atoms with Crippen LogP contribution in [0, 0.1) is 0 Å². The highest BCUT2D eigenvalue weighted by Gasteiger charge is 2.24. The van der Waals surface area contributed by atoms with E-state index in [-0.39, 0.29) is 11.4 Å². The molecular weight excluding hydrogens is 386 g/mol. The molecule has 0 bridgehead atoms. The molecule has 0 radical (unpaired) electrons. The highest BCUT2D eigenvalue weighted by atomic mass is 79.9. The van der Waals surface area contributed by atoms with Crippen molar-refractivity contribution in [2.75, 3.05) is 17.3 Å². The van der Waals surface area contributed by atoms with E-state index >= 15 is 0 Å². The SMILES string of the molecule is CCCCOc1ccc(C(=O)NC(C)(CBr)CBr)cc1. The second-order valence-electron chi connectivity index (χ2n) is 5.01. The van der Waals surface area contributed by atoms with Gasteiger partial charge in [-0.1, -0.05) is 45.2 Å². The van der Waals surface area contributed by atoms with Gasteiger partial charge in [-0.3, -0.25) is 4.79 Å². The van der Waals surface area contributed by atoms with Crippen LogP contribution in [0.25, 0.3) is 0 Å². The smallest absolute Gasteiger partial charge is 0.251 e. The van der Waals surface area contributed by atoms with E-state index in [1.165, 1.54) is 0 Å². The standard InChI is InChI=1S/C15H21Br2NO2/c1-3-4-9-20-13-7-5-12(6-8-13)14(19)18-15(2,10-16)11-17/h5-8H,3-4,9-11H2,1-2H3,(H,18,19). The molecule has 3 nitrogen and oxygen atoms in total.